The minimum absolute atomic E-state index is 0.0306. The predicted octanol–water partition coefficient (Wildman–Crippen LogP) is -1.31. The van der Waals surface area contributed by atoms with E-state index in [0.29, 0.717) is 17.9 Å². The van der Waals surface area contributed by atoms with Crippen LogP contribution in [0.2, 0.25) is 0 Å². The molecule has 4 N–H and O–H groups in total. The number of carbonyl (C=O) groups is 1. The second-order valence-corrected chi connectivity index (χ2v) is 7.52. The van der Waals surface area contributed by atoms with Crippen molar-refractivity contribution < 1.29 is 24.3 Å². The molecule has 0 spiro atoms. The molecule has 2 aromatic heterocycles. The van der Waals surface area contributed by atoms with Gasteiger partial charge in [0.15, 0.2) is 0 Å². The molecule has 1 saturated heterocycles. The summed E-state index contributed by atoms with van der Waals surface area (Å²) in [6.07, 6.45) is -2.87. The zero-order valence-electron chi connectivity index (χ0n) is 17.0. The van der Waals surface area contributed by atoms with Crippen LogP contribution in [0.3, 0.4) is 0 Å². The number of aromatic nitrogens is 3. The average molecular weight is 422 g/mol. The third-order valence-electron chi connectivity index (χ3n) is 5.37. The lowest BCUT2D eigenvalue weighted by Crippen LogP contribution is -2.60. The fourth-order valence-corrected chi connectivity index (χ4v) is 3.59. The SMILES string of the molecule is Cc1noc(C)c1CCC(=O)N[C@@H]1CO[C@H](Cn2c(C)cc(=O)[nH]c2=O)[C@@H](O)[C@H]1O. The molecule has 2 aromatic rings. The van der Waals surface area contributed by atoms with Crippen LogP contribution in [0.25, 0.3) is 0 Å². The van der Waals surface area contributed by atoms with Crippen LogP contribution < -0.4 is 16.6 Å². The highest BCUT2D eigenvalue weighted by molar-refractivity contribution is 5.76. The fourth-order valence-electron chi connectivity index (χ4n) is 3.59. The van der Waals surface area contributed by atoms with Gasteiger partial charge in [-0.15, -0.1) is 0 Å². The summed E-state index contributed by atoms with van der Waals surface area (Å²) in [6.45, 7) is 5.08. The summed E-state index contributed by atoms with van der Waals surface area (Å²) in [5, 5.41) is 27.4. The molecule has 1 aliphatic rings. The summed E-state index contributed by atoms with van der Waals surface area (Å²) in [5.74, 6) is 0.355. The number of nitrogens with zero attached hydrogens (tertiary/aromatic N) is 2. The Hall–Kier alpha value is -2.76. The van der Waals surface area contributed by atoms with Gasteiger partial charge in [0.1, 0.15) is 24.1 Å². The average Bonchev–Trinajstić information content (AvgIpc) is 2.99. The molecule has 0 radical (unpaired) electrons. The number of carbonyl (C=O) groups excluding carboxylic acids is 1. The van der Waals surface area contributed by atoms with Gasteiger partial charge < -0.3 is 24.8 Å². The van der Waals surface area contributed by atoms with E-state index in [-0.39, 0.29) is 25.5 Å². The molecule has 3 heterocycles. The van der Waals surface area contributed by atoms with Crippen molar-refractivity contribution in [3.8, 4) is 0 Å². The molecule has 1 aliphatic heterocycles. The van der Waals surface area contributed by atoms with E-state index in [0.717, 1.165) is 11.3 Å². The van der Waals surface area contributed by atoms with Crippen molar-refractivity contribution in [3.63, 3.8) is 0 Å². The van der Waals surface area contributed by atoms with Crippen LogP contribution in [0.4, 0.5) is 0 Å². The normalized spacial score (nSPS) is 24.0. The quantitative estimate of drug-likeness (QED) is 0.446. The number of hydrogen-bond acceptors (Lipinski definition) is 8. The number of aliphatic hydroxyl groups is 2. The number of amides is 1. The summed E-state index contributed by atoms with van der Waals surface area (Å²) in [5.41, 5.74) is 0.863. The van der Waals surface area contributed by atoms with Gasteiger partial charge in [0.25, 0.3) is 5.56 Å². The summed E-state index contributed by atoms with van der Waals surface area (Å²) < 4.78 is 11.9. The highest BCUT2D eigenvalue weighted by Gasteiger charge is 2.39. The van der Waals surface area contributed by atoms with Gasteiger partial charge in [-0.25, -0.2) is 4.79 Å². The number of rotatable bonds is 6. The smallest absolute Gasteiger partial charge is 0.328 e. The van der Waals surface area contributed by atoms with Gasteiger partial charge in [-0.3, -0.25) is 19.1 Å². The Balaban J connectivity index is 1.57. The van der Waals surface area contributed by atoms with E-state index in [1.165, 1.54) is 10.6 Å². The Kier molecular flexibility index (Phi) is 6.54. The van der Waals surface area contributed by atoms with Crippen molar-refractivity contribution in [2.24, 2.45) is 0 Å². The highest BCUT2D eigenvalue weighted by Crippen LogP contribution is 2.18. The van der Waals surface area contributed by atoms with Gasteiger partial charge >= 0.3 is 5.69 Å². The fraction of sp³-hybridized carbons (Fsp3) is 0.579. The molecule has 0 bridgehead atoms. The van der Waals surface area contributed by atoms with Gasteiger partial charge in [-0.1, -0.05) is 5.16 Å². The molecular formula is C19H26N4O7. The second-order valence-electron chi connectivity index (χ2n) is 7.52. The maximum absolute atomic E-state index is 12.3. The van der Waals surface area contributed by atoms with Gasteiger partial charge in [-0.2, -0.15) is 0 Å². The monoisotopic (exact) mass is 422 g/mol. The van der Waals surface area contributed by atoms with E-state index in [1.54, 1.807) is 20.8 Å². The molecule has 0 aliphatic carbocycles. The zero-order chi connectivity index (χ0) is 22.0. The van der Waals surface area contributed by atoms with Crippen LogP contribution >= 0.6 is 0 Å². The van der Waals surface area contributed by atoms with E-state index < -0.39 is 35.6 Å². The summed E-state index contributed by atoms with van der Waals surface area (Å²) in [4.78, 5) is 37.8. The Labute approximate surface area is 171 Å². The number of nitrogens with one attached hydrogen (secondary N) is 2. The minimum Gasteiger partial charge on any atom is -0.388 e. The maximum atomic E-state index is 12.3. The molecule has 4 atom stereocenters. The van der Waals surface area contributed by atoms with Gasteiger partial charge in [0.2, 0.25) is 5.91 Å². The third kappa shape index (κ3) is 4.69. The van der Waals surface area contributed by atoms with Crippen LogP contribution in [-0.2, 0) is 22.5 Å². The first-order chi connectivity index (χ1) is 14.2. The van der Waals surface area contributed by atoms with Crippen molar-refractivity contribution in [1.29, 1.82) is 0 Å². The molecule has 0 aromatic carbocycles. The third-order valence-corrected chi connectivity index (χ3v) is 5.37. The Morgan fingerprint density at radius 3 is 2.67 bits per heavy atom. The molecule has 11 heteroatoms. The van der Waals surface area contributed by atoms with Crippen LogP contribution in [0.5, 0.6) is 0 Å². The van der Waals surface area contributed by atoms with Gasteiger partial charge in [0, 0.05) is 23.7 Å². The zero-order valence-corrected chi connectivity index (χ0v) is 17.0. The van der Waals surface area contributed by atoms with E-state index in [2.05, 4.69) is 15.5 Å². The maximum Gasteiger partial charge on any atom is 0.328 e. The summed E-state index contributed by atoms with van der Waals surface area (Å²) in [6, 6.07) is 0.469. The molecule has 0 saturated carbocycles. The van der Waals surface area contributed by atoms with Crippen molar-refractivity contribution >= 4 is 5.91 Å². The first-order valence-corrected chi connectivity index (χ1v) is 9.67. The first kappa shape index (κ1) is 21.9. The lowest BCUT2D eigenvalue weighted by molar-refractivity contribution is -0.158. The van der Waals surface area contributed by atoms with Crippen LogP contribution in [0, 0.1) is 20.8 Å². The Morgan fingerprint density at radius 2 is 2.03 bits per heavy atom. The first-order valence-electron chi connectivity index (χ1n) is 9.67. The minimum atomic E-state index is -1.33. The Morgan fingerprint density at radius 1 is 1.30 bits per heavy atom. The molecule has 1 fully saturated rings. The molecule has 30 heavy (non-hydrogen) atoms. The van der Waals surface area contributed by atoms with Gasteiger partial charge in [0.05, 0.1) is 24.9 Å². The van der Waals surface area contributed by atoms with E-state index >= 15 is 0 Å². The second kappa shape index (κ2) is 8.94. The van der Waals surface area contributed by atoms with Crippen molar-refractivity contribution in [1.82, 2.24) is 20.0 Å². The molecule has 11 nitrogen and oxygen atoms in total. The highest BCUT2D eigenvalue weighted by atomic mass is 16.5. The van der Waals surface area contributed by atoms with Crippen LogP contribution in [0.15, 0.2) is 20.2 Å². The number of aromatic amines is 1. The topological polar surface area (TPSA) is 160 Å². The van der Waals surface area contributed by atoms with E-state index in [4.69, 9.17) is 9.26 Å². The van der Waals surface area contributed by atoms with E-state index in [9.17, 15) is 24.6 Å². The number of hydrogen-bond donors (Lipinski definition) is 4. The number of ether oxygens (including phenoxy) is 1. The molecular weight excluding hydrogens is 396 g/mol. The van der Waals surface area contributed by atoms with Crippen LogP contribution in [-0.4, -0.2) is 61.8 Å². The summed E-state index contributed by atoms with van der Waals surface area (Å²) in [7, 11) is 0. The standard InChI is InChI=1S/C19H26N4O7/c1-9-6-16(25)21-19(28)23(9)7-14-18(27)17(26)13(8-29-14)20-15(24)5-4-12-10(2)22-30-11(12)3/h6,13-14,17-18,26-27H,4-5,7-8H2,1-3H3,(H,20,24)(H,21,25,28)/t13-,14-,17+,18-/m1/s1. The Bertz CT molecular complexity index is 1010. The molecule has 0 unspecified atom stereocenters. The number of aliphatic hydroxyl groups excluding tert-OH is 2. The number of aryl methyl sites for hydroxylation is 3. The lowest BCUT2D eigenvalue weighted by atomic mass is 9.97. The molecule has 1 amide bonds. The molecule has 164 valence electrons. The molecule has 3 rings (SSSR count). The predicted molar refractivity (Wildman–Crippen MR) is 104 cm³/mol. The van der Waals surface area contributed by atoms with Crippen molar-refractivity contribution in [2.45, 2.75) is 64.5 Å². The largest absolute Gasteiger partial charge is 0.388 e. The summed E-state index contributed by atoms with van der Waals surface area (Å²) >= 11 is 0. The van der Waals surface area contributed by atoms with Crippen LogP contribution in [0.1, 0.15) is 29.1 Å². The lowest BCUT2D eigenvalue weighted by Gasteiger charge is -2.38. The van der Waals surface area contributed by atoms with Gasteiger partial charge in [-0.05, 0) is 27.2 Å². The van der Waals surface area contributed by atoms with Crippen molar-refractivity contribution in [2.75, 3.05) is 6.61 Å². The number of H-pyrrole nitrogens is 1. The van der Waals surface area contributed by atoms with E-state index in [1.807, 2.05) is 0 Å². The van der Waals surface area contributed by atoms with Crippen molar-refractivity contribution in [3.05, 3.63) is 49.6 Å².